The van der Waals surface area contributed by atoms with Crippen LogP contribution in [0, 0.1) is 0 Å². The zero-order valence-corrected chi connectivity index (χ0v) is 16.9. The number of carbonyl (C=O) groups excluding carboxylic acids is 1. The monoisotopic (exact) mass is 406 g/mol. The molecule has 156 valence electrons. The smallest absolute Gasteiger partial charge is 0.255 e. The molecule has 1 atom stereocenters. The Kier molecular flexibility index (Phi) is 7.83. The van der Waals surface area contributed by atoms with Crippen LogP contribution in [0.2, 0.25) is 0 Å². The first kappa shape index (κ1) is 21.4. The number of hydrogen-bond donors (Lipinski definition) is 3. The fourth-order valence-electron chi connectivity index (χ4n) is 2.81. The molecule has 0 radical (unpaired) electrons. The zero-order valence-electron chi connectivity index (χ0n) is 16.9. The number of aliphatic hydroxyl groups is 1. The predicted octanol–water partition coefficient (Wildman–Crippen LogP) is 3.48. The Hall–Kier alpha value is -3.35. The molecular formula is C24H26N2O4. The molecule has 0 saturated carbocycles. The first-order valence-electron chi connectivity index (χ1n) is 9.75. The van der Waals surface area contributed by atoms with Crippen molar-refractivity contribution in [3.05, 3.63) is 90.0 Å². The molecule has 6 nitrogen and oxygen atoms in total. The summed E-state index contributed by atoms with van der Waals surface area (Å²) in [4.78, 5) is 12.3. The Morgan fingerprint density at radius 2 is 1.60 bits per heavy atom. The Balaban J connectivity index is 1.40. The second kappa shape index (κ2) is 11.0. The number of benzene rings is 3. The number of methoxy groups -OCH3 is 1. The molecule has 3 N–H and O–H groups in total. The van der Waals surface area contributed by atoms with E-state index < -0.39 is 6.10 Å². The summed E-state index contributed by atoms with van der Waals surface area (Å²) in [7, 11) is 1.58. The predicted molar refractivity (Wildman–Crippen MR) is 117 cm³/mol. The molecule has 0 aromatic heterocycles. The highest BCUT2D eigenvalue weighted by atomic mass is 16.5. The van der Waals surface area contributed by atoms with E-state index in [9.17, 15) is 9.90 Å². The number of rotatable bonds is 10. The van der Waals surface area contributed by atoms with E-state index in [2.05, 4.69) is 10.6 Å². The highest BCUT2D eigenvalue weighted by Crippen LogP contribution is 2.18. The van der Waals surface area contributed by atoms with Gasteiger partial charge in [-0.15, -0.1) is 0 Å². The molecule has 0 aliphatic rings. The fraction of sp³-hybridized carbons (Fsp3) is 0.208. The molecule has 0 fully saturated rings. The summed E-state index contributed by atoms with van der Waals surface area (Å²) in [5.41, 5.74) is 2.37. The van der Waals surface area contributed by atoms with Gasteiger partial charge in [0.05, 0.1) is 7.11 Å². The normalized spacial score (nSPS) is 11.5. The second-order valence-corrected chi connectivity index (χ2v) is 6.79. The van der Waals surface area contributed by atoms with E-state index in [1.165, 1.54) is 0 Å². The minimum Gasteiger partial charge on any atom is -0.497 e. The molecule has 6 heteroatoms. The number of anilines is 1. The SMILES string of the molecule is COc1ccc(C(=O)Nc2ccc(OCC(O)CNCc3ccccc3)cc2)cc1. The molecule has 30 heavy (non-hydrogen) atoms. The van der Waals surface area contributed by atoms with Gasteiger partial charge in [0.15, 0.2) is 0 Å². The van der Waals surface area contributed by atoms with Crippen LogP contribution < -0.4 is 20.1 Å². The van der Waals surface area contributed by atoms with E-state index in [4.69, 9.17) is 9.47 Å². The molecule has 0 heterocycles. The fourth-order valence-corrected chi connectivity index (χ4v) is 2.81. The highest BCUT2D eigenvalue weighted by molar-refractivity contribution is 6.04. The van der Waals surface area contributed by atoms with E-state index in [0.717, 1.165) is 5.56 Å². The molecule has 3 aromatic carbocycles. The van der Waals surface area contributed by atoms with Crippen LogP contribution in [0.1, 0.15) is 15.9 Å². The lowest BCUT2D eigenvalue weighted by atomic mass is 10.2. The van der Waals surface area contributed by atoms with Crippen molar-refractivity contribution in [1.82, 2.24) is 5.32 Å². The van der Waals surface area contributed by atoms with Gasteiger partial charge in [-0.2, -0.15) is 0 Å². The lowest BCUT2D eigenvalue weighted by molar-refractivity contribution is 0.102. The van der Waals surface area contributed by atoms with E-state index in [-0.39, 0.29) is 12.5 Å². The summed E-state index contributed by atoms with van der Waals surface area (Å²) < 4.78 is 10.7. The van der Waals surface area contributed by atoms with Gasteiger partial charge in [-0.05, 0) is 54.1 Å². The minimum absolute atomic E-state index is 0.180. The van der Waals surface area contributed by atoms with Crippen LogP contribution in [0.4, 0.5) is 5.69 Å². The van der Waals surface area contributed by atoms with E-state index in [1.54, 1.807) is 55.6 Å². The number of ether oxygens (including phenoxy) is 2. The van der Waals surface area contributed by atoms with Crippen LogP contribution in [-0.4, -0.2) is 37.4 Å². The summed E-state index contributed by atoms with van der Waals surface area (Å²) in [5, 5.41) is 16.1. The van der Waals surface area contributed by atoms with Crippen molar-refractivity contribution >= 4 is 11.6 Å². The van der Waals surface area contributed by atoms with Gasteiger partial charge >= 0.3 is 0 Å². The molecule has 0 bridgehead atoms. The van der Waals surface area contributed by atoms with Gasteiger partial charge in [0.25, 0.3) is 5.91 Å². The molecular weight excluding hydrogens is 380 g/mol. The van der Waals surface area contributed by atoms with Crippen molar-refractivity contribution in [1.29, 1.82) is 0 Å². The lowest BCUT2D eigenvalue weighted by Gasteiger charge is -2.14. The molecule has 0 aliphatic carbocycles. The Bertz CT molecular complexity index is 912. The first-order valence-corrected chi connectivity index (χ1v) is 9.75. The third-order valence-electron chi connectivity index (χ3n) is 4.46. The van der Waals surface area contributed by atoms with Crippen LogP contribution in [0.25, 0.3) is 0 Å². The molecule has 1 amide bonds. The van der Waals surface area contributed by atoms with Crippen LogP contribution in [0.5, 0.6) is 11.5 Å². The zero-order chi connectivity index (χ0) is 21.2. The third-order valence-corrected chi connectivity index (χ3v) is 4.46. The van der Waals surface area contributed by atoms with Crippen molar-refractivity contribution in [2.75, 3.05) is 25.6 Å². The van der Waals surface area contributed by atoms with E-state index in [0.29, 0.717) is 35.8 Å². The van der Waals surface area contributed by atoms with Crippen molar-refractivity contribution in [3.63, 3.8) is 0 Å². The summed E-state index contributed by atoms with van der Waals surface area (Å²) in [6.45, 7) is 1.31. The van der Waals surface area contributed by atoms with Crippen molar-refractivity contribution in [3.8, 4) is 11.5 Å². The number of amides is 1. The maximum absolute atomic E-state index is 12.3. The summed E-state index contributed by atoms with van der Waals surface area (Å²) >= 11 is 0. The van der Waals surface area contributed by atoms with Crippen LogP contribution in [0.3, 0.4) is 0 Å². The summed E-state index contributed by atoms with van der Waals surface area (Å²) in [6.07, 6.45) is -0.622. The van der Waals surface area contributed by atoms with Gasteiger partial charge in [-0.3, -0.25) is 4.79 Å². The van der Waals surface area contributed by atoms with E-state index in [1.807, 2.05) is 30.3 Å². The van der Waals surface area contributed by atoms with Gasteiger partial charge in [0.1, 0.15) is 24.2 Å². The van der Waals surface area contributed by atoms with Crippen LogP contribution in [0.15, 0.2) is 78.9 Å². The average Bonchev–Trinajstić information content (AvgIpc) is 2.79. The molecule has 0 saturated heterocycles. The Labute approximate surface area is 176 Å². The molecule has 3 aromatic rings. The number of carbonyl (C=O) groups is 1. The van der Waals surface area contributed by atoms with Crippen molar-refractivity contribution in [2.24, 2.45) is 0 Å². The van der Waals surface area contributed by atoms with Gasteiger partial charge in [0, 0.05) is 24.3 Å². The lowest BCUT2D eigenvalue weighted by Crippen LogP contribution is -2.31. The molecule has 1 unspecified atom stereocenters. The largest absolute Gasteiger partial charge is 0.497 e. The van der Waals surface area contributed by atoms with Crippen molar-refractivity contribution < 1.29 is 19.4 Å². The minimum atomic E-state index is -0.622. The second-order valence-electron chi connectivity index (χ2n) is 6.79. The summed E-state index contributed by atoms with van der Waals surface area (Å²) in [5.74, 6) is 1.12. The van der Waals surface area contributed by atoms with Crippen LogP contribution in [-0.2, 0) is 6.54 Å². The van der Waals surface area contributed by atoms with Gasteiger partial charge in [0.2, 0.25) is 0 Å². The number of hydrogen-bond acceptors (Lipinski definition) is 5. The molecule has 0 aliphatic heterocycles. The van der Waals surface area contributed by atoms with E-state index >= 15 is 0 Å². The molecule has 0 spiro atoms. The number of aliphatic hydroxyl groups excluding tert-OH is 1. The average molecular weight is 406 g/mol. The van der Waals surface area contributed by atoms with Crippen molar-refractivity contribution in [2.45, 2.75) is 12.6 Å². The third kappa shape index (κ3) is 6.62. The van der Waals surface area contributed by atoms with Gasteiger partial charge in [-0.1, -0.05) is 30.3 Å². The Morgan fingerprint density at radius 1 is 0.933 bits per heavy atom. The quantitative estimate of drug-likeness (QED) is 0.480. The van der Waals surface area contributed by atoms with Gasteiger partial charge < -0.3 is 25.2 Å². The first-order chi connectivity index (χ1) is 14.6. The standard InChI is InChI=1S/C24H26N2O4/c1-29-22-11-7-19(8-12-22)24(28)26-20-9-13-23(14-10-20)30-17-21(27)16-25-15-18-5-3-2-4-6-18/h2-14,21,25,27H,15-17H2,1H3,(H,26,28). The Morgan fingerprint density at radius 3 is 2.27 bits per heavy atom. The summed E-state index contributed by atoms with van der Waals surface area (Å²) in [6, 6.07) is 23.9. The van der Waals surface area contributed by atoms with Crippen LogP contribution >= 0.6 is 0 Å². The maximum Gasteiger partial charge on any atom is 0.255 e. The topological polar surface area (TPSA) is 79.8 Å². The number of nitrogens with one attached hydrogen (secondary N) is 2. The molecule has 3 rings (SSSR count). The highest BCUT2D eigenvalue weighted by Gasteiger charge is 2.08. The van der Waals surface area contributed by atoms with Gasteiger partial charge in [-0.25, -0.2) is 0 Å². The maximum atomic E-state index is 12.3.